The molecule has 0 atom stereocenters. The minimum Gasteiger partial charge on any atom is -1.00 e. The van der Waals surface area contributed by atoms with Gasteiger partial charge in [0.15, 0.2) is 0 Å². The number of hydrogen-bond acceptors (Lipinski definition) is 2. The molecule has 9 heavy (non-hydrogen) atoms. The van der Waals surface area contributed by atoms with E-state index in [2.05, 4.69) is 0 Å². The Kier molecular flexibility index (Phi) is 5.04. The molecule has 4 heteroatoms. The van der Waals surface area contributed by atoms with Crippen LogP contribution in [0, 0.1) is 5.89 Å². The van der Waals surface area contributed by atoms with Gasteiger partial charge in [-0.25, -0.2) is 4.79 Å². The van der Waals surface area contributed by atoms with E-state index in [-0.39, 0.29) is 31.0 Å². The van der Waals surface area contributed by atoms with Crippen molar-refractivity contribution >= 4 is 11.8 Å². The number of ketones is 1. The first kappa shape index (κ1) is 9.14. The summed E-state index contributed by atoms with van der Waals surface area (Å²) in [6, 6.07) is 0. The smallest absolute Gasteiger partial charge is 1.00 e. The first-order valence-corrected chi connectivity index (χ1v) is 2.13. The molecule has 0 rings (SSSR count). The fraction of sp³-hybridized carbons (Fsp3) is 0.600. The van der Waals surface area contributed by atoms with Gasteiger partial charge in [-0.1, -0.05) is 13.8 Å². The predicted octanol–water partition coefficient (Wildman–Crippen LogP) is -2.59. The molecule has 0 radical (unpaired) electrons. The maximum atomic E-state index is 10.4. The summed E-state index contributed by atoms with van der Waals surface area (Å²) in [6.07, 6.45) is 0. The van der Waals surface area contributed by atoms with Crippen LogP contribution in [-0.4, -0.2) is 16.9 Å². The Balaban J connectivity index is -0.000000320. The van der Waals surface area contributed by atoms with Gasteiger partial charge in [0.1, 0.15) is 0 Å². The number of carbonyl (C=O) groups excluding carboxylic acids is 1. The topological polar surface area (TPSA) is 54.4 Å². The number of hydrogen-bond donors (Lipinski definition) is 1. The molecule has 1 N–H and O–H groups in total. The van der Waals surface area contributed by atoms with Crippen molar-refractivity contribution in [1.82, 2.24) is 0 Å². The fourth-order valence-corrected chi connectivity index (χ4v) is 0.214. The van der Waals surface area contributed by atoms with Crippen LogP contribution in [0.1, 0.15) is 16.6 Å². The second-order valence-corrected chi connectivity index (χ2v) is 1.63. The second-order valence-electron chi connectivity index (χ2n) is 1.63. The van der Waals surface area contributed by atoms with Crippen LogP contribution in [0.4, 0.5) is 0 Å². The monoisotopic (exact) mass is 146 g/mol. The van der Waals surface area contributed by atoms with Crippen molar-refractivity contribution in [3.8, 4) is 0 Å². The molecule has 0 aromatic heterocycles. The first-order valence-electron chi connectivity index (χ1n) is 2.63. The van der Waals surface area contributed by atoms with Crippen LogP contribution in [0.25, 0.3) is 0 Å². The minimum atomic E-state index is -1.55. The molecule has 0 aliphatic carbocycles. The Hall–Kier alpha value is 0.140. The summed E-state index contributed by atoms with van der Waals surface area (Å²) in [4.78, 5) is 20.3. The van der Waals surface area contributed by atoms with E-state index in [1.54, 1.807) is 0 Å². The van der Waals surface area contributed by atoms with Crippen LogP contribution in [0.2, 0.25) is 0 Å². The van der Waals surface area contributed by atoms with Gasteiger partial charge in [-0.05, 0) is 0 Å². The Bertz CT molecular complexity index is 152. The summed E-state index contributed by atoms with van der Waals surface area (Å²) in [5, 5.41) is 8.05. The van der Waals surface area contributed by atoms with E-state index < -0.39 is 17.6 Å². The van der Waals surface area contributed by atoms with Gasteiger partial charge in [0, 0.05) is 7.26 Å². The van der Waals surface area contributed by atoms with Crippen LogP contribution >= 0.6 is 0 Å². The number of carbonyl (C=O) groups is 2. The normalized spacial score (nSPS) is 11.1. The fourth-order valence-electron chi connectivity index (χ4n) is 0.214. The zero-order chi connectivity index (χ0) is 7.65. The molecule has 0 fully saturated rings. The molecule has 48 valence electrons. The van der Waals surface area contributed by atoms with E-state index in [0.717, 1.165) is 0 Å². The van der Waals surface area contributed by atoms with Crippen LogP contribution < -0.4 is 29.6 Å². The number of carboxylic acids is 1. The van der Waals surface area contributed by atoms with Crippen LogP contribution in [0.5, 0.6) is 0 Å². The average Bonchev–Trinajstić information content (AvgIpc) is 1.62. The third kappa shape index (κ3) is 4.63. The third-order valence-corrected chi connectivity index (χ3v) is 0.648. The zero-order valence-electron chi connectivity index (χ0n) is 7.76. The first-order chi connectivity index (χ1) is 3.85. The Morgan fingerprint density at radius 3 is 2.00 bits per heavy atom. The number of rotatable bonds is 2. The summed E-state index contributed by atoms with van der Waals surface area (Å²) in [5.41, 5.74) is 0. The van der Waals surface area contributed by atoms with E-state index in [9.17, 15) is 9.59 Å². The summed E-state index contributed by atoms with van der Waals surface area (Å²) in [5.74, 6) is -4.14. The molecule has 0 aromatic rings. The van der Waals surface area contributed by atoms with Gasteiger partial charge < -0.3 is 6.53 Å². The summed E-state index contributed by atoms with van der Waals surface area (Å²) < 4.78 is 6.94. The standard InChI is InChI=1S/C5H8O3.Na.H/c1-3(2)4(6)5(7)8;;/h3H,1-2H3,(H,7,8);;/q;+1;-1/i1+1,2+1,3+1D,4+1,5+1;;. The van der Waals surface area contributed by atoms with Crippen molar-refractivity contribution in [3.05, 3.63) is 0 Å². The average molecular weight is 146 g/mol. The number of carboxylic acid groups (broad SMARTS) is 1. The van der Waals surface area contributed by atoms with Gasteiger partial charge in [0.05, 0.1) is 0 Å². The van der Waals surface area contributed by atoms with E-state index >= 15 is 0 Å². The van der Waals surface area contributed by atoms with Crippen molar-refractivity contribution in [3.63, 3.8) is 0 Å². The summed E-state index contributed by atoms with van der Waals surface area (Å²) in [7, 11) is 0. The predicted molar refractivity (Wildman–Crippen MR) is 28.6 cm³/mol. The molecule has 0 saturated carbocycles. The Labute approximate surface area is 78.6 Å². The summed E-state index contributed by atoms with van der Waals surface area (Å²) in [6.45, 7) is 2.48. The molecule has 0 aliphatic heterocycles. The van der Waals surface area contributed by atoms with E-state index in [1.165, 1.54) is 13.8 Å². The molecule has 0 unspecified atom stereocenters. The quantitative estimate of drug-likeness (QED) is 0.264. The number of aliphatic carboxylic acids is 1. The minimum absolute atomic E-state index is 0. The molecule has 0 spiro atoms. The Morgan fingerprint density at radius 2 is 2.00 bits per heavy atom. The maximum Gasteiger partial charge on any atom is 1.00 e. The van der Waals surface area contributed by atoms with Gasteiger partial charge in [-0.3, -0.25) is 4.79 Å². The number of Topliss-reactive ketones (excluding diaryl/α,β-unsaturated/α-hetero) is 1. The Morgan fingerprint density at radius 1 is 1.67 bits per heavy atom. The van der Waals surface area contributed by atoms with Gasteiger partial charge in [-0.15, -0.1) is 0 Å². The van der Waals surface area contributed by atoms with Gasteiger partial charge >= 0.3 is 35.5 Å². The zero-order valence-corrected chi connectivity index (χ0v) is 7.76. The molecular formula is C5H9NaO3. The van der Waals surface area contributed by atoms with Crippen molar-refractivity contribution in [2.45, 2.75) is 13.8 Å². The van der Waals surface area contributed by atoms with E-state index in [4.69, 9.17) is 6.48 Å². The van der Waals surface area contributed by atoms with Gasteiger partial charge in [-0.2, -0.15) is 0 Å². The van der Waals surface area contributed by atoms with Crippen molar-refractivity contribution in [1.29, 1.82) is 0 Å². The van der Waals surface area contributed by atoms with Crippen LogP contribution in [-0.2, 0) is 9.59 Å². The SMILES string of the molecule is [2H][13C]([13CH3])([13CH3])[13C](=O)[13C](=O)O.[H-].[Na+]. The van der Waals surface area contributed by atoms with Gasteiger partial charge in [0.2, 0.25) is 5.78 Å². The van der Waals surface area contributed by atoms with Crippen LogP contribution in [0.15, 0.2) is 0 Å². The molecule has 0 heterocycles. The molecule has 3 nitrogen and oxygen atoms in total. The van der Waals surface area contributed by atoms with E-state index in [0.29, 0.717) is 0 Å². The van der Waals surface area contributed by atoms with Gasteiger partial charge in [0.25, 0.3) is 0 Å². The molecule has 0 aromatic carbocycles. The molecule has 0 bridgehead atoms. The molecule has 0 aliphatic rings. The van der Waals surface area contributed by atoms with Crippen molar-refractivity contribution < 1.29 is 47.1 Å². The maximum absolute atomic E-state index is 10.4. The molecule has 0 saturated heterocycles. The van der Waals surface area contributed by atoms with Crippen LogP contribution in [0.3, 0.4) is 0 Å². The second kappa shape index (κ2) is 4.97. The molecular weight excluding hydrogens is 136 g/mol. The molecule has 0 amide bonds. The third-order valence-electron chi connectivity index (χ3n) is 0.648. The largest absolute Gasteiger partial charge is 1.00 e. The van der Waals surface area contributed by atoms with Crippen molar-refractivity contribution in [2.24, 2.45) is 5.89 Å². The van der Waals surface area contributed by atoms with Crippen molar-refractivity contribution in [2.75, 3.05) is 0 Å². The van der Waals surface area contributed by atoms with E-state index in [1.807, 2.05) is 0 Å². The summed E-state index contributed by atoms with van der Waals surface area (Å²) >= 11 is 0.